The average molecular weight is 513 g/mol. The van der Waals surface area contributed by atoms with Gasteiger partial charge in [-0.1, -0.05) is 0 Å². The number of amides is 2. The third-order valence-corrected chi connectivity index (χ3v) is 4.23. The Balaban J connectivity index is 0.00000392. The molecule has 0 unspecified atom stereocenters. The molecule has 0 bridgehead atoms. The maximum atomic E-state index is 13.6. The molecule has 7 nitrogen and oxygen atoms in total. The number of hydrogen-bond acceptors (Lipinski definition) is 3. The predicted molar refractivity (Wildman–Crippen MR) is 110 cm³/mol. The molecule has 0 radical (unpaired) electrons. The number of carbonyl (C=O) groups excluding carboxylic acids is 2. The van der Waals surface area contributed by atoms with Crippen LogP contribution in [0.2, 0.25) is 0 Å². The molecule has 1 fully saturated rings. The van der Waals surface area contributed by atoms with E-state index in [1.54, 1.807) is 4.90 Å². The molecule has 156 valence electrons. The number of nitrogens with zero attached hydrogens (tertiary/aromatic N) is 2. The highest BCUT2D eigenvalue weighted by molar-refractivity contribution is 14.0. The first kappa shape index (κ1) is 24.0. The summed E-state index contributed by atoms with van der Waals surface area (Å²) in [6.07, 6.45) is 1.49. The van der Waals surface area contributed by atoms with Gasteiger partial charge in [0.2, 0.25) is 11.8 Å². The monoisotopic (exact) mass is 513 g/mol. The normalized spacial score (nSPS) is 14.9. The van der Waals surface area contributed by atoms with Gasteiger partial charge in [-0.25, -0.2) is 13.2 Å². The van der Waals surface area contributed by atoms with Crippen LogP contribution in [0.4, 0.5) is 18.9 Å². The average Bonchev–Trinajstić information content (AvgIpc) is 2.66. The van der Waals surface area contributed by atoms with Gasteiger partial charge in [0.1, 0.15) is 0 Å². The van der Waals surface area contributed by atoms with E-state index in [1.165, 1.54) is 14.0 Å². The van der Waals surface area contributed by atoms with Gasteiger partial charge in [0, 0.05) is 33.1 Å². The zero-order valence-corrected chi connectivity index (χ0v) is 17.9. The maximum Gasteiger partial charge on any atom is 0.243 e. The lowest BCUT2D eigenvalue weighted by Gasteiger charge is -2.32. The highest BCUT2D eigenvalue weighted by Crippen LogP contribution is 2.19. The van der Waals surface area contributed by atoms with E-state index in [2.05, 4.69) is 20.9 Å². The molecule has 2 amide bonds. The van der Waals surface area contributed by atoms with Crippen LogP contribution < -0.4 is 16.0 Å². The lowest BCUT2D eigenvalue weighted by Crippen LogP contribution is -2.50. The highest BCUT2D eigenvalue weighted by Gasteiger charge is 2.21. The Kier molecular flexibility index (Phi) is 9.49. The van der Waals surface area contributed by atoms with Crippen molar-refractivity contribution in [3.8, 4) is 0 Å². The molecule has 0 aliphatic carbocycles. The smallest absolute Gasteiger partial charge is 0.243 e. The van der Waals surface area contributed by atoms with E-state index < -0.39 is 29.0 Å². The molecule has 28 heavy (non-hydrogen) atoms. The van der Waals surface area contributed by atoms with Crippen molar-refractivity contribution in [3.63, 3.8) is 0 Å². The highest BCUT2D eigenvalue weighted by atomic mass is 127. The Morgan fingerprint density at radius 1 is 1.18 bits per heavy atom. The number of rotatable bonds is 4. The van der Waals surface area contributed by atoms with Gasteiger partial charge < -0.3 is 20.9 Å². The van der Waals surface area contributed by atoms with E-state index in [0.29, 0.717) is 19.0 Å². The minimum absolute atomic E-state index is 0. The molecule has 1 aromatic carbocycles. The summed E-state index contributed by atoms with van der Waals surface area (Å²) < 4.78 is 39.7. The largest absolute Gasteiger partial charge is 0.354 e. The minimum atomic E-state index is -1.64. The van der Waals surface area contributed by atoms with Gasteiger partial charge in [0.05, 0.1) is 12.2 Å². The van der Waals surface area contributed by atoms with Gasteiger partial charge in [-0.2, -0.15) is 0 Å². The van der Waals surface area contributed by atoms with Crippen molar-refractivity contribution in [3.05, 3.63) is 29.6 Å². The number of benzene rings is 1. The van der Waals surface area contributed by atoms with Gasteiger partial charge in [0.25, 0.3) is 0 Å². The second-order valence-electron chi connectivity index (χ2n) is 6.12. The standard InChI is InChI=1S/C17H22F3N5O2.HI/c1-10(26)25-7-5-11(6-8-25)23-17(21-2)22-9-14(27)24-13-4-3-12(18)15(19)16(13)20;/h3-4,11H,5-9H2,1-2H3,(H,24,27)(H2,21,22,23);1H. The maximum absolute atomic E-state index is 13.6. The molecule has 1 saturated heterocycles. The van der Waals surface area contributed by atoms with Crippen molar-refractivity contribution < 1.29 is 22.8 Å². The number of anilines is 1. The van der Waals surface area contributed by atoms with Crippen molar-refractivity contribution in [2.24, 2.45) is 4.99 Å². The van der Waals surface area contributed by atoms with Gasteiger partial charge >= 0.3 is 0 Å². The van der Waals surface area contributed by atoms with E-state index in [1.807, 2.05) is 0 Å². The van der Waals surface area contributed by atoms with Gasteiger partial charge in [0.15, 0.2) is 23.4 Å². The first-order valence-electron chi connectivity index (χ1n) is 8.48. The van der Waals surface area contributed by atoms with Crippen molar-refractivity contribution >= 4 is 47.4 Å². The third kappa shape index (κ3) is 6.53. The second-order valence-corrected chi connectivity index (χ2v) is 6.12. The fraction of sp³-hybridized carbons (Fsp3) is 0.471. The molecule has 1 aliphatic heterocycles. The van der Waals surface area contributed by atoms with Crippen LogP contribution in [0.3, 0.4) is 0 Å². The van der Waals surface area contributed by atoms with Crippen molar-refractivity contribution in [1.82, 2.24) is 15.5 Å². The first-order valence-corrected chi connectivity index (χ1v) is 8.48. The third-order valence-electron chi connectivity index (χ3n) is 4.23. The molecule has 0 spiro atoms. The summed E-state index contributed by atoms with van der Waals surface area (Å²) in [4.78, 5) is 29.0. The van der Waals surface area contributed by atoms with E-state index >= 15 is 0 Å². The quantitative estimate of drug-likeness (QED) is 0.248. The van der Waals surface area contributed by atoms with Crippen molar-refractivity contribution in [2.75, 3.05) is 32.0 Å². The number of halogens is 4. The number of carbonyl (C=O) groups is 2. The summed E-state index contributed by atoms with van der Waals surface area (Å²) in [5, 5.41) is 8.09. The summed E-state index contributed by atoms with van der Waals surface area (Å²) in [5.41, 5.74) is -0.444. The summed E-state index contributed by atoms with van der Waals surface area (Å²) in [6.45, 7) is 2.56. The zero-order valence-electron chi connectivity index (χ0n) is 15.5. The molecule has 3 N–H and O–H groups in total. The van der Waals surface area contributed by atoms with Gasteiger partial charge in [-0.15, -0.1) is 24.0 Å². The molecule has 2 rings (SSSR count). The van der Waals surface area contributed by atoms with E-state index in [-0.39, 0.29) is 42.5 Å². The van der Waals surface area contributed by atoms with Crippen LogP contribution in [0.25, 0.3) is 0 Å². The van der Waals surface area contributed by atoms with Gasteiger partial charge in [-0.05, 0) is 25.0 Å². The number of guanidine groups is 1. The van der Waals surface area contributed by atoms with Crippen LogP contribution in [0.15, 0.2) is 17.1 Å². The van der Waals surface area contributed by atoms with Crippen LogP contribution >= 0.6 is 24.0 Å². The van der Waals surface area contributed by atoms with Crippen molar-refractivity contribution in [2.45, 2.75) is 25.8 Å². The number of piperidine rings is 1. The SMILES string of the molecule is CN=C(NCC(=O)Nc1ccc(F)c(F)c1F)NC1CCN(C(C)=O)CC1.I. The predicted octanol–water partition coefficient (Wildman–Crippen LogP) is 1.84. The Bertz CT molecular complexity index is 740. The fourth-order valence-corrected chi connectivity index (χ4v) is 2.71. The number of aliphatic imine (C=N–C) groups is 1. The number of hydrogen-bond donors (Lipinski definition) is 3. The summed E-state index contributed by atoms with van der Waals surface area (Å²) in [5.74, 6) is -4.66. The Morgan fingerprint density at radius 3 is 2.39 bits per heavy atom. The zero-order chi connectivity index (χ0) is 20.0. The van der Waals surface area contributed by atoms with Crippen molar-refractivity contribution in [1.29, 1.82) is 0 Å². The topological polar surface area (TPSA) is 85.8 Å². The van der Waals surface area contributed by atoms with E-state index in [0.717, 1.165) is 25.0 Å². The second kappa shape index (κ2) is 11.1. The summed E-state index contributed by atoms with van der Waals surface area (Å²) in [7, 11) is 1.53. The molecule has 1 heterocycles. The van der Waals surface area contributed by atoms with E-state index in [4.69, 9.17) is 0 Å². The number of likely N-dealkylation sites (tertiary alicyclic amines) is 1. The molecular weight excluding hydrogens is 490 g/mol. The molecule has 11 heteroatoms. The molecule has 1 aliphatic rings. The Labute approximate surface area is 178 Å². The minimum Gasteiger partial charge on any atom is -0.354 e. The Morgan fingerprint density at radius 2 is 1.82 bits per heavy atom. The van der Waals surface area contributed by atoms with Crippen LogP contribution in [0, 0.1) is 17.5 Å². The lowest BCUT2D eigenvalue weighted by molar-refractivity contribution is -0.129. The Hall–Kier alpha value is -2.05. The summed E-state index contributed by atoms with van der Waals surface area (Å²) in [6, 6.07) is 1.77. The molecule has 1 aromatic rings. The van der Waals surface area contributed by atoms with Crippen LogP contribution in [-0.4, -0.2) is 55.4 Å². The summed E-state index contributed by atoms with van der Waals surface area (Å²) >= 11 is 0. The molecule has 0 aromatic heterocycles. The molecular formula is C17H23F3IN5O2. The molecule has 0 atom stereocenters. The lowest BCUT2D eigenvalue weighted by atomic mass is 10.1. The number of nitrogens with one attached hydrogen (secondary N) is 3. The fourth-order valence-electron chi connectivity index (χ4n) is 2.71. The van der Waals surface area contributed by atoms with Crippen LogP contribution in [-0.2, 0) is 9.59 Å². The van der Waals surface area contributed by atoms with E-state index in [9.17, 15) is 22.8 Å². The van der Waals surface area contributed by atoms with Crippen LogP contribution in [0.5, 0.6) is 0 Å². The van der Waals surface area contributed by atoms with Gasteiger partial charge in [-0.3, -0.25) is 14.6 Å². The molecule has 0 saturated carbocycles. The van der Waals surface area contributed by atoms with Crippen LogP contribution in [0.1, 0.15) is 19.8 Å². The first-order chi connectivity index (χ1) is 12.8.